The molecular weight excluding hydrogens is 208 g/mol. The molecular formula is C11H24N2O3. The maximum Gasteiger partial charge on any atom is 0.234 e. The second-order valence-electron chi connectivity index (χ2n) is 4.25. The Morgan fingerprint density at radius 2 is 2.12 bits per heavy atom. The predicted octanol–water partition coefficient (Wildman–Crippen LogP) is -0.254. The van der Waals surface area contributed by atoms with E-state index < -0.39 is 0 Å². The first-order valence-electron chi connectivity index (χ1n) is 5.70. The normalized spacial score (nSPS) is 12.8. The minimum absolute atomic E-state index is 0.0119. The van der Waals surface area contributed by atoms with Crippen molar-refractivity contribution in [2.45, 2.75) is 26.3 Å². The molecule has 0 aromatic heterocycles. The average Bonchev–Trinajstić information content (AvgIpc) is 2.23. The van der Waals surface area contributed by atoms with Gasteiger partial charge in [0.05, 0.1) is 25.8 Å². The number of carbonyl (C=O) groups is 1. The number of nitrogens with one attached hydrogen (secondary N) is 2. The summed E-state index contributed by atoms with van der Waals surface area (Å²) in [6.45, 7) is 5.61. The van der Waals surface area contributed by atoms with Gasteiger partial charge in [-0.3, -0.25) is 4.79 Å². The molecule has 96 valence electrons. The second kappa shape index (κ2) is 9.57. The van der Waals surface area contributed by atoms with Crippen LogP contribution in [0.5, 0.6) is 0 Å². The van der Waals surface area contributed by atoms with Gasteiger partial charge in [0.1, 0.15) is 0 Å². The largest absolute Gasteiger partial charge is 0.394 e. The lowest BCUT2D eigenvalue weighted by Gasteiger charge is -2.18. The number of methoxy groups -OCH3 is 1. The molecule has 0 aromatic rings. The molecule has 0 fully saturated rings. The fraction of sp³-hybridized carbons (Fsp3) is 0.909. The average molecular weight is 232 g/mol. The third kappa shape index (κ3) is 8.64. The molecule has 0 saturated heterocycles. The van der Waals surface area contributed by atoms with Crippen LogP contribution in [0.3, 0.4) is 0 Å². The van der Waals surface area contributed by atoms with Crippen LogP contribution in [0.25, 0.3) is 0 Å². The van der Waals surface area contributed by atoms with Crippen LogP contribution in [-0.4, -0.2) is 50.5 Å². The molecule has 0 aliphatic rings. The summed E-state index contributed by atoms with van der Waals surface area (Å²) < 4.78 is 4.84. The van der Waals surface area contributed by atoms with E-state index in [0.29, 0.717) is 19.1 Å². The lowest BCUT2D eigenvalue weighted by Crippen LogP contribution is -2.43. The van der Waals surface area contributed by atoms with Gasteiger partial charge in [0.2, 0.25) is 5.91 Å². The number of hydrogen-bond acceptors (Lipinski definition) is 4. The van der Waals surface area contributed by atoms with Crippen molar-refractivity contribution in [1.29, 1.82) is 0 Å². The fourth-order valence-corrected chi connectivity index (χ4v) is 1.40. The summed E-state index contributed by atoms with van der Waals surface area (Å²) in [5.41, 5.74) is 0. The van der Waals surface area contributed by atoms with E-state index in [0.717, 1.165) is 6.42 Å². The maximum atomic E-state index is 11.4. The van der Waals surface area contributed by atoms with Crippen LogP contribution in [0.4, 0.5) is 0 Å². The van der Waals surface area contributed by atoms with E-state index in [1.54, 1.807) is 7.11 Å². The van der Waals surface area contributed by atoms with Crippen LogP contribution < -0.4 is 10.6 Å². The molecule has 0 aromatic carbocycles. The number of carbonyl (C=O) groups excluding carboxylic acids is 1. The number of hydrogen-bond donors (Lipinski definition) is 3. The lowest BCUT2D eigenvalue weighted by molar-refractivity contribution is -0.121. The third-order valence-electron chi connectivity index (χ3n) is 2.11. The van der Waals surface area contributed by atoms with Gasteiger partial charge in [-0.1, -0.05) is 13.8 Å². The Morgan fingerprint density at radius 3 is 2.62 bits per heavy atom. The Bertz CT molecular complexity index is 186. The molecule has 0 bridgehead atoms. The summed E-state index contributed by atoms with van der Waals surface area (Å²) in [6.07, 6.45) is 0.792. The first-order valence-corrected chi connectivity index (χ1v) is 5.70. The quantitative estimate of drug-likeness (QED) is 0.479. The molecule has 0 spiro atoms. The summed E-state index contributed by atoms with van der Waals surface area (Å²) in [5.74, 6) is 0.370. The number of rotatable bonds is 9. The van der Waals surface area contributed by atoms with Crippen LogP contribution in [0, 0.1) is 5.92 Å². The van der Waals surface area contributed by atoms with Gasteiger partial charge in [-0.15, -0.1) is 0 Å². The van der Waals surface area contributed by atoms with Crippen LogP contribution in [0.2, 0.25) is 0 Å². The molecule has 0 aliphatic carbocycles. The highest BCUT2D eigenvalue weighted by molar-refractivity contribution is 5.78. The molecule has 0 saturated carbocycles. The van der Waals surface area contributed by atoms with Gasteiger partial charge in [-0.25, -0.2) is 0 Å². The zero-order chi connectivity index (χ0) is 12.4. The number of ether oxygens (including phenoxy) is 1. The molecule has 0 heterocycles. The van der Waals surface area contributed by atoms with E-state index in [1.165, 1.54) is 0 Å². The smallest absolute Gasteiger partial charge is 0.234 e. The zero-order valence-corrected chi connectivity index (χ0v) is 10.5. The van der Waals surface area contributed by atoms with Crippen LogP contribution in [0.1, 0.15) is 20.3 Å². The van der Waals surface area contributed by atoms with Crippen molar-refractivity contribution in [3.05, 3.63) is 0 Å². The van der Waals surface area contributed by atoms with Crippen molar-refractivity contribution in [2.24, 2.45) is 5.92 Å². The van der Waals surface area contributed by atoms with Crippen LogP contribution in [0.15, 0.2) is 0 Å². The van der Waals surface area contributed by atoms with E-state index in [4.69, 9.17) is 9.84 Å². The Morgan fingerprint density at radius 1 is 1.44 bits per heavy atom. The van der Waals surface area contributed by atoms with E-state index in [1.807, 2.05) is 0 Å². The Balaban J connectivity index is 3.66. The van der Waals surface area contributed by atoms with E-state index in [-0.39, 0.29) is 25.1 Å². The summed E-state index contributed by atoms with van der Waals surface area (Å²) in [6, 6.07) is -0.142. The maximum absolute atomic E-state index is 11.4. The van der Waals surface area contributed by atoms with Gasteiger partial charge in [-0.2, -0.15) is 0 Å². The predicted molar refractivity (Wildman–Crippen MR) is 63.2 cm³/mol. The Labute approximate surface area is 97.6 Å². The van der Waals surface area contributed by atoms with Crippen molar-refractivity contribution >= 4 is 5.91 Å². The van der Waals surface area contributed by atoms with Crippen molar-refractivity contribution in [1.82, 2.24) is 10.6 Å². The minimum Gasteiger partial charge on any atom is -0.394 e. The molecule has 1 unspecified atom stereocenters. The SMILES string of the molecule is COCCNCC(=O)NC(CO)CC(C)C. The van der Waals surface area contributed by atoms with Crippen LogP contribution in [-0.2, 0) is 9.53 Å². The molecule has 1 amide bonds. The standard InChI is InChI=1S/C11H24N2O3/c1-9(2)6-10(8-14)13-11(15)7-12-4-5-16-3/h9-10,12,14H,4-8H2,1-3H3,(H,13,15). The number of aliphatic hydroxyl groups is 1. The first-order chi connectivity index (χ1) is 7.60. The number of aliphatic hydroxyl groups excluding tert-OH is 1. The van der Waals surface area contributed by atoms with Crippen molar-refractivity contribution in [3.63, 3.8) is 0 Å². The molecule has 1 atom stereocenters. The highest BCUT2D eigenvalue weighted by Gasteiger charge is 2.12. The summed E-state index contributed by atoms with van der Waals surface area (Å²) in [4.78, 5) is 11.4. The van der Waals surface area contributed by atoms with Gasteiger partial charge < -0.3 is 20.5 Å². The molecule has 16 heavy (non-hydrogen) atoms. The summed E-state index contributed by atoms with van der Waals surface area (Å²) in [7, 11) is 1.62. The summed E-state index contributed by atoms with van der Waals surface area (Å²) in [5, 5.41) is 14.8. The van der Waals surface area contributed by atoms with E-state index >= 15 is 0 Å². The molecule has 0 rings (SSSR count). The molecule has 5 heteroatoms. The van der Waals surface area contributed by atoms with Crippen molar-refractivity contribution in [2.75, 3.05) is 33.4 Å². The summed E-state index contributed by atoms with van der Waals surface area (Å²) >= 11 is 0. The van der Waals surface area contributed by atoms with Crippen molar-refractivity contribution in [3.8, 4) is 0 Å². The Hall–Kier alpha value is -0.650. The lowest BCUT2D eigenvalue weighted by atomic mass is 10.0. The Kier molecular flexibility index (Phi) is 9.18. The second-order valence-corrected chi connectivity index (χ2v) is 4.25. The van der Waals surface area contributed by atoms with Gasteiger partial charge in [0.15, 0.2) is 0 Å². The molecule has 5 nitrogen and oxygen atoms in total. The fourth-order valence-electron chi connectivity index (χ4n) is 1.40. The highest BCUT2D eigenvalue weighted by atomic mass is 16.5. The van der Waals surface area contributed by atoms with Gasteiger partial charge in [0, 0.05) is 13.7 Å². The topological polar surface area (TPSA) is 70.6 Å². The van der Waals surface area contributed by atoms with E-state index in [2.05, 4.69) is 24.5 Å². The molecule has 0 aliphatic heterocycles. The van der Waals surface area contributed by atoms with Crippen molar-refractivity contribution < 1.29 is 14.6 Å². The monoisotopic (exact) mass is 232 g/mol. The first kappa shape index (κ1) is 15.3. The number of amides is 1. The molecule has 0 radical (unpaired) electrons. The van der Waals surface area contributed by atoms with Gasteiger partial charge in [0.25, 0.3) is 0 Å². The van der Waals surface area contributed by atoms with Gasteiger partial charge in [-0.05, 0) is 12.3 Å². The van der Waals surface area contributed by atoms with E-state index in [9.17, 15) is 4.79 Å². The highest BCUT2D eigenvalue weighted by Crippen LogP contribution is 2.03. The minimum atomic E-state index is -0.142. The molecule has 3 N–H and O–H groups in total. The zero-order valence-electron chi connectivity index (χ0n) is 10.5. The third-order valence-corrected chi connectivity index (χ3v) is 2.11. The van der Waals surface area contributed by atoms with Gasteiger partial charge >= 0.3 is 0 Å². The van der Waals surface area contributed by atoms with Crippen LogP contribution >= 0.6 is 0 Å².